The number of anilines is 1. The minimum atomic E-state index is -3.94. The molecule has 1 fully saturated rings. The second-order valence-corrected chi connectivity index (χ2v) is 9.05. The SMILES string of the molecule is O=S(=O)(c1ccccc1)c1nc(-c2ccccc2F)oc1NCCCN1CCOCC1. The Labute approximate surface area is 180 Å². The molecule has 1 saturated heterocycles. The van der Waals surface area contributed by atoms with E-state index in [-0.39, 0.29) is 27.3 Å². The van der Waals surface area contributed by atoms with Crippen LogP contribution in [-0.4, -0.2) is 57.7 Å². The van der Waals surface area contributed by atoms with Gasteiger partial charge in [-0.15, -0.1) is 0 Å². The molecule has 0 amide bonds. The zero-order valence-electron chi connectivity index (χ0n) is 17.0. The summed E-state index contributed by atoms with van der Waals surface area (Å²) in [6.45, 7) is 4.55. The molecule has 2 aromatic carbocycles. The molecule has 0 saturated carbocycles. The van der Waals surface area contributed by atoms with Gasteiger partial charge in [-0.2, -0.15) is 4.98 Å². The van der Waals surface area contributed by atoms with Crippen molar-refractivity contribution >= 4 is 15.7 Å². The normalized spacial score (nSPS) is 15.1. The molecule has 164 valence electrons. The van der Waals surface area contributed by atoms with Crippen molar-refractivity contribution in [2.45, 2.75) is 16.3 Å². The fourth-order valence-electron chi connectivity index (χ4n) is 3.39. The number of halogens is 1. The van der Waals surface area contributed by atoms with Crippen molar-refractivity contribution in [1.29, 1.82) is 0 Å². The van der Waals surface area contributed by atoms with Crippen molar-refractivity contribution in [1.82, 2.24) is 9.88 Å². The third-order valence-electron chi connectivity index (χ3n) is 5.05. The maximum atomic E-state index is 14.3. The van der Waals surface area contributed by atoms with Crippen LogP contribution in [0, 0.1) is 5.82 Å². The zero-order chi connectivity index (χ0) is 21.7. The first-order chi connectivity index (χ1) is 15.1. The molecule has 3 aromatic rings. The summed E-state index contributed by atoms with van der Waals surface area (Å²) < 4.78 is 51.7. The van der Waals surface area contributed by atoms with E-state index in [9.17, 15) is 12.8 Å². The van der Waals surface area contributed by atoms with Crippen molar-refractivity contribution < 1.29 is 22.0 Å². The van der Waals surface area contributed by atoms with Crippen molar-refractivity contribution in [3.63, 3.8) is 0 Å². The quantitative estimate of drug-likeness (QED) is 0.532. The van der Waals surface area contributed by atoms with Crippen LogP contribution in [0.2, 0.25) is 0 Å². The van der Waals surface area contributed by atoms with Gasteiger partial charge in [0.1, 0.15) is 5.82 Å². The number of ether oxygens (including phenoxy) is 1. The standard InChI is InChI=1S/C22H24FN3O4S/c23-19-10-5-4-9-18(19)20-25-22(31(27,28)17-7-2-1-3-8-17)21(30-20)24-11-6-12-26-13-15-29-16-14-26/h1-5,7-10,24H,6,11-16H2. The molecule has 0 bridgehead atoms. The van der Waals surface area contributed by atoms with E-state index in [1.807, 2.05) is 0 Å². The van der Waals surface area contributed by atoms with Crippen LogP contribution in [0.1, 0.15) is 6.42 Å². The maximum absolute atomic E-state index is 14.3. The van der Waals surface area contributed by atoms with Gasteiger partial charge >= 0.3 is 0 Å². The lowest BCUT2D eigenvalue weighted by molar-refractivity contribution is 0.0378. The van der Waals surface area contributed by atoms with Crippen molar-refractivity contribution in [3.05, 3.63) is 60.4 Å². The van der Waals surface area contributed by atoms with E-state index < -0.39 is 15.7 Å². The smallest absolute Gasteiger partial charge is 0.233 e. The fraction of sp³-hybridized carbons (Fsp3) is 0.318. The molecule has 4 rings (SSSR count). The van der Waals surface area contributed by atoms with Gasteiger partial charge in [0, 0.05) is 19.6 Å². The lowest BCUT2D eigenvalue weighted by Crippen LogP contribution is -2.37. The predicted molar refractivity (Wildman–Crippen MR) is 114 cm³/mol. The van der Waals surface area contributed by atoms with Gasteiger partial charge in [-0.25, -0.2) is 12.8 Å². The Hall–Kier alpha value is -2.75. The van der Waals surface area contributed by atoms with Crippen LogP contribution in [0.15, 0.2) is 68.9 Å². The van der Waals surface area contributed by atoms with Gasteiger partial charge in [-0.3, -0.25) is 4.90 Å². The van der Waals surface area contributed by atoms with E-state index in [1.165, 1.54) is 24.3 Å². The Morgan fingerprint density at radius 3 is 2.48 bits per heavy atom. The fourth-order valence-corrected chi connectivity index (χ4v) is 4.69. The Bertz CT molecular complexity index is 1110. The van der Waals surface area contributed by atoms with Crippen LogP contribution in [-0.2, 0) is 14.6 Å². The van der Waals surface area contributed by atoms with Gasteiger partial charge in [0.2, 0.25) is 26.6 Å². The van der Waals surface area contributed by atoms with Crippen LogP contribution in [0.4, 0.5) is 10.3 Å². The molecule has 1 aliphatic rings. The van der Waals surface area contributed by atoms with Gasteiger partial charge in [0.15, 0.2) is 0 Å². The number of nitrogens with one attached hydrogen (secondary N) is 1. The molecule has 0 radical (unpaired) electrons. The number of hydrogen-bond acceptors (Lipinski definition) is 7. The minimum absolute atomic E-state index is 0.0177. The first-order valence-electron chi connectivity index (χ1n) is 10.2. The molecule has 1 N–H and O–H groups in total. The molecule has 0 unspecified atom stereocenters. The molecule has 0 aliphatic carbocycles. The van der Waals surface area contributed by atoms with Gasteiger partial charge in [0.05, 0.1) is 23.7 Å². The summed E-state index contributed by atoms with van der Waals surface area (Å²) in [6, 6.07) is 14.0. The monoisotopic (exact) mass is 445 g/mol. The van der Waals surface area contributed by atoms with Crippen LogP contribution >= 0.6 is 0 Å². The van der Waals surface area contributed by atoms with Gasteiger partial charge in [0.25, 0.3) is 0 Å². The van der Waals surface area contributed by atoms with E-state index in [0.717, 1.165) is 39.3 Å². The van der Waals surface area contributed by atoms with Gasteiger partial charge in [-0.1, -0.05) is 30.3 Å². The summed E-state index contributed by atoms with van der Waals surface area (Å²) in [7, 11) is -3.94. The molecule has 31 heavy (non-hydrogen) atoms. The Morgan fingerprint density at radius 1 is 1.03 bits per heavy atom. The number of rotatable bonds is 8. The summed E-state index contributed by atoms with van der Waals surface area (Å²) in [5.74, 6) is -0.598. The van der Waals surface area contributed by atoms with E-state index in [2.05, 4.69) is 15.2 Å². The lowest BCUT2D eigenvalue weighted by Gasteiger charge is -2.26. The van der Waals surface area contributed by atoms with Gasteiger partial charge in [-0.05, 0) is 37.2 Å². The second kappa shape index (κ2) is 9.59. The van der Waals surface area contributed by atoms with E-state index in [1.54, 1.807) is 30.3 Å². The number of sulfone groups is 1. The highest BCUT2D eigenvalue weighted by molar-refractivity contribution is 7.91. The predicted octanol–water partition coefficient (Wildman–Crippen LogP) is 3.45. The topological polar surface area (TPSA) is 84.7 Å². The Balaban J connectivity index is 1.59. The zero-order valence-corrected chi connectivity index (χ0v) is 17.8. The number of nitrogens with zero attached hydrogens (tertiary/aromatic N) is 2. The number of oxazole rings is 1. The van der Waals surface area contributed by atoms with Crippen LogP contribution < -0.4 is 5.32 Å². The van der Waals surface area contributed by atoms with E-state index in [4.69, 9.17) is 9.15 Å². The van der Waals surface area contributed by atoms with Crippen molar-refractivity contribution in [2.75, 3.05) is 44.7 Å². The molecule has 7 nitrogen and oxygen atoms in total. The van der Waals surface area contributed by atoms with E-state index >= 15 is 0 Å². The summed E-state index contributed by atoms with van der Waals surface area (Å²) in [5.41, 5.74) is 0.105. The lowest BCUT2D eigenvalue weighted by atomic mass is 10.2. The second-order valence-electron chi connectivity index (χ2n) is 7.18. The third-order valence-corrected chi connectivity index (χ3v) is 6.73. The highest BCUT2D eigenvalue weighted by Gasteiger charge is 2.29. The molecular weight excluding hydrogens is 421 g/mol. The molecule has 0 atom stereocenters. The average molecular weight is 446 g/mol. The third kappa shape index (κ3) is 4.95. The molecule has 1 aliphatic heterocycles. The molecule has 2 heterocycles. The highest BCUT2D eigenvalue weighted by atomic mass is 32.2. The van der Waals surface area contributed by atoms with Gasteiger partial charge < -0.3 is 14.5 Å². The molecule has 1 aromatic heterocycles. The first kappa shape index (κ1) is 21.5. The molecule has 9 heteroatoms. The summed E-state index contributed by atoms with van der Waals surface area (Å²) >= 11 is 0. The summed E-state index contributed by atoms with van der Waals surface area (Å²) in [4.78, 5) is 6.56. The number of benzene rings is 2. The first-order valence-corrected chi connectivity index (χ1v) is 11.6. The highest BCUT2D eigenvalue weighted by Crippen LogP contribution is 2.33. The van der Waals surface area contributed by atoms with Crippen molar-refractivity contribution in [3.8, 4) is 11.5 Å². The van der Waals surface area contributed by atoms with Crippen molar-refractivity contribution in [2.24, 2.45) is 0 Å². The number of hydrogen-bond donors (Lipinski definition) is 1. The van der Waals surface area contributed by atoms with Crippen LogP contribution in [0.25, 0.3) is 11.5 Å². The molecule has 0 spiro atoms. The van der Waals surface area contributed by atoms with Crippen LogP contribution in [0.5, 0.6) is 0 Å². The average Bonchev–Trinajstić information content (AvgIpc) is 3.23. The largest absolute Gasteiger partial charge is 0.419 e. The maximum Gasteiger partial charge on any atom is 0.233 e. The number of morpholine rings is 1. The Kier molecular flexibility index (Phi) is 6.64. The van der Waals surface area contributed by atoms with E-state index in [0.29, 0.717) is 6.54 Å². The summed E-state index contributed by atoms with van der Waals surface area (Å²) in [5, 5.41) is 2.80. The van der Waals surface area contributed by atoms with Crippen LogP contribution in [0.3, 0.4) is 0 Å². The summed E-state index contributed by atoms with van der Waals surface area (Å²) in [6.07, 6.45) is 0.778. The number of aromatic nitrogens is 1. The Morgan fingerprint density at radius 2 is 1.74 bits per heavy atom. The minimum Gasteiger partial charge on any atom is -0.419 e. The molecular formula is C22H24FN3O4S.